The van der Waals surface area contributed by atoms with E-state index in [2.05, 4.69) is 0 Å². The summed E-state index contributed by atoms with van der Waals surface area (Å²) < 4.78 is 6.40. The summed E-state index contributed by atoms with van der Waals surface area (Å²) in [6, 6.07) is 0. The Morgan fingerprint density at radius 2 is 1.75 bits per heavy atom. The predicted octanol–water partition coefficient (Wildman–Crippen LogP) is -3.38. The van der Waals surface area contributed by atoms with Crippen molar-refractivity contribution in [3.63, 3.8) is 0 Å². The Morgan fingerprint density at radius 1 is 1.25 bits per heavy atom. The first-order valence-corrected chi connectivity index (χ1v) is 3.25. The molecule has 0 fully saturated rings. The zero-order chi connectivity index (χ0) is 10.6. The number of rotatable bonds is 5. The van der Waals surface area contributed by atoms with Crippen LogP contribution in [0, 0.1) is 0 Å². The molecule has 0 amide bonds. The zero-order valence-corrected chi connectivity index (χ0v) is 6.16. The Balaban J connectivity index is 4.24. The van der Waals surface area contributed by atoms with Crippen LogP contribution in [0.15, 0.2) is 0 Å². The van der Waals surface area contributed by atoms with E-state index in [1.807, 2.05) is 0 Å². The van der Waals surface area contributed by atoms with Gasteiger partial charge in [-0.05, 0) is 0 Å². The highest BCUT2D eigenvalue weighted by Gasteiger charge is 2.29. The van der Waals surface area contributed by atoms with Crippen molar-refractivity contribution in [2.75, 3.05) is 6.61 Å². The molecule has 0 aromatic heterocycles. The molecule has 72 valence electrons. The number of hydrogen-bond donors (Lipinski definition) is 5. The van der Waals surface area contributed by atoms with Gasteiger partial charge < -0.3 is 30.3 Å². The lowest BCUT2D eigenvalue weighted by molar-refractivity contribution is -0.136. The monoisotopic (exact) mass is 182 g/mol. The fourth-order valence-corrected chi connectivity index (χ4v) is 0.592. The first kappa shape index (κ1) is 9.56. The van der Waals surface area contributed by atoms with Crippen LogP contribution < -0.4 is 0 Å². The summed E-state index contributed by atoms with van der Waals surface area (Å²) in [5.41, 5.74) is 0. The quantitative estimate of drug-likeness (QED) is 0.283. The van der Waals surface area contributed by atoms with Crippen LogP contribution in [0.4, 0.5) is 0 Å². The van der Waals surface area contributed by atoms with Crippen LogP contribution in [0.5, 0.6) is 0 Å². The number of carbonyl (C=O) groups is 1. The van der Waals surface area contributed by atoms with E-state index >= 15 is 0 Å². The largest absolute Gasteiger partial charge is 0.394 e. The van der Waals surface area contributed by atoms with E-state index in [1.165, 1.54) is 0 Å². The zero-order valence-electron chi connectivity index (χ0n) is 7.16. The van der Waals surface area contributed by atoms with Crippen LogP contribution in [-0.4, -0.2) is 62.8 Å². The summed E-state index contributed by atoms with van der Waals surface area (Å²) in [7, 11) is 0. The van der Waals surface area contributed by atoms with Crippen LogP contribution in [0.25, 0.3) is 0 Å². The smallest absolute Gasteiger partial charge is 0.151 e. The number of aldehydes is 1. The fourth-order valence-electron chi connectivity index (χ4n) is 0.592. The van der Waals surface area contributed by atoms with Gasteiger partial charge in [0.1, 0.15) is 25.8 Å². The maximum atomic E-state index is 10.2. The molecule has 0 aliphatic heterocycles. The van der Waals surface area contributed by atoms with Gasteiger partial charge in [-0.15, -0.1) is 0 Å². The molecule has 0 aromatic rings. The van der Waals surface area contributed by atoms with Crippen molar-refractivity contribution in [2.24, 2.45) is 0 Å². The van der Waals surface area contributed by atoms with E-state index in [4.69, 9.17) is 26.9 Å². The number of hydrogen-bond acceptors (Lipinski definition) is 6. The highest BCUT2D eigenvalue weighted by molar-refractivity contribution is 5.56. The second-order valence-corrected chi connectivity index (χ2v) is 2.29. The topological polar surface area (TPSA) is 118 Å². The molecule has 5 N–H and O–H groups in total. The summed E-state index contributed by atoms with van der Waals surface area (Å²) in [5, 5.41) is 43.8. The first-order chi connectivity index (χ1) is 5.91. The van der Waals surface area contributed by atoms with Gasteiger partial charge in [-0.3, -0.25) is 0 Å². The molecule has 0 unspecified atom stereocenters. The minimum atomic E-state index is -2.09. The number of carbonyl (C=O) groups excluding carboxylic acids is 1. The Labute approximate surface area is 70.1 Å². The second kappa shape index (κ2) is 5.18. The molecule has 0 spiro atoms. The van der Waals surface area contributed by atoms with Crippen molar-refractivity contribution in [2.45, 2.75) is 24.4 Å². The maximum absolute atomic E-state index is 10.2. The average molecular weight is 182 g/mol. The van der Waals surface area contributed by atoms with E-state index in [-0.39, 0.29) is 0 Å². The molecular weight excluding hydrogens is 168 g/mol. The third-order valence-corrected chi connectivity index (χ3v) is 1.38. The van der Waals surface area contributed by atoms with Gasteiger partial charge >= 0.3 is 0 Å². The molecule has 0 bridgehead atoms. The molecule has 6 heteroatoms. The maximum Gasteiger partial charge on any atom is 0.151 e. The van der Waals surface area contributed by atoms with E-state index in [0.717, 1.165) is 0 Å². The third-order valence-electron chi connectivity index (χ3n) is 1.38. The Hall–Kier alpha value is -0.530. The van der Waals surface area contributed by atoms with Crippen molar-refractivity contribution in [3.8, 4) is 0 Å². The molecule has 0 aliphatic carbocycles. The fraction of sp³-hybridized carbons (Fsp3) is 0.833. The van der Waals surface area contributed by atoms with Gasteiger partial charge in [0.25, 0.3) is 0 Å². The van der Waals surface area contributed by atoms with E-state index in [9.17, 15) is 4.79 Å². The molecule has 0 aliphatic rings. The van der Waals surface area contributed by atoms with Crippen LogP contribution in [0.1, 0.15) is 1.37 Å². The van der Waals surface area contributed by atoms with Crippen molar-refractivity contribution in [1.82, 2.24) is 0 Å². The van der Waals surface area contributed by atoms with Crippen LogP contribution in [0.3, 0.4) is 0 Å². The molecule has 6 nitrogen and oxygen atoms in total. The van der Waals surface area contributed by atoms with Gasteiger partial charge in [0.2, 0.25) is 0 Å². The molecule has 0 radical (unpaired) electrons. The Bertz CT molecular complexity index is 175. The summed E-state index contributed by atoms with van der Waals surface area (Å²) >= 11 is 0. The highest BCUT2D eigenvalue weighted by Crippen LogP contribution is 2.02. The van der Waals surface area contributed by atoms with Gasteiger partial charge in [0.05, 0.1) is 6.61 Å². The highest BCUT2D eigenvalue weighted by atomic mass is 16.4. The molecule has 0 saturated carbocycles. The molecule has 0 aromatic carbocycles. The van der Waals surface area contributed by atoms with Gasteiger partial charge in [0.15, 0.2) is 6.26 Å². The summed E-state index contributed by atoms with van der Waals surface area (Å²) in [6.45, 7) is -0.822. The van der Waals surface area contributed by atoms with E-state index < -0.39 is 37.3 Å². The molecular formula is C6H12O6. The standard InChI is InChI=1S/C6H12O6/c7-1-3(9)5(11)6(12)4(10)2-8/h1,3-6,8-12H,2H2/t3-,4+,5+,6+/m1/s1/i1T. The minimum Gasteiger partial charge on any atom is -0.394 e. The lowest BCUT2D eigenvalue weighted by Crippen LogP contribution is -2.46. The summed E-state index contributed by atoms with van der Waals surface area (Å²) in [5.74, 6) is 0. The molecule has 0 heterocycles. The van der Waals surface area contributed by atoms with Gasteiger partial charge in [0, 0.05) is 0 Å². The van der Waals surface area contributed by atoms with Crippen LogP contribution in [0.2, 0.25) is 0 Å². The molecule has 0 rings (SSSR count). The summed E-state index contributed by atoms with van der Waals surface area (Å²) in [4.78, 5) is 10.2. The van der Waals surface area contributed by atoms with E-state index in [1.54, 1.807) is 0 Å². The van der Waals surface area contributed by atoms with Gasteiger partial charge in [-0.2, -0.15) is 0 Å². The van der Waals surface area contributed by atoms with Crippen molar-refractivity contribution in [1.29, 1.82) is 0 Å². The van der Waals surface area contributed by atoms with Gasteiger partial charge in [-0.1, -0.05) is 0 Å². The SMILES string of the molecule is [3H]C(=O)[C@@H](O)[C@H](O)[C@@H](O)[C@@H](O)CO. The average Bonchev–Trinajstić information content (AvgIpc) is 2.12. The lowest BCUT2D eigenvalue weighted by Gasteiger charge is -2.22. The second-order valence-electron chi connectivity index (χ2n) is 2.29. The van der Waals surface area contributed by atoms with Crippen LogP contribution in [-0.2, 0) is 4.79 Å². The van der Waals surface area contributed by atoms with Crippen molar-refractivity contribution >= 4 is 6.26 Å². The minimum absolute atomic E-state index is 0.822. The molecule has 4 atom stereocenters. The van der Waals surface area contributed by atoms with Crippen molar-refractivity contribution in [3.05, 3.63) is 0 Å². The van der Waals surface area contributed by atoms with E-state index in [0.29, 0.717) is 0 Å². The lowest BCUT2D eigenvalue weighted by atomic mass is 10.0. The van der Waals surface area contributed by atoms with Crippen LogP contribution >= 0.6 is 0 Å². The summed E-state index contributed by atoms with van der Waals surface area (Å²) in [6.07, 6.45) is -9.07. The Morgan fingerprint density at radius 3 is 2.08 bits per heavy atom. The number of aliphatic hydroxyl groups excluding tert-OH is 5. The first-order valence-electron chi connectivity index (χ1n) is 3.75. The number of aliphatic hydroxyl groups is 5. The normalized spacial score (nSPS) is 22.2. The Kier molecular flexibility index (Phi) is 4.12. The predicted molar refractivity (Wildman–Crippen MR) is 37.2 cm³/mol. The molecule has 0 saturated heterocycles. The molecule has 12 heavy (non-hydrogen) atoms. The van der Waals surface area contributed by atoms with Gasteiger partial charge in [-0.25, -0.2) is 0 Å². The third kappa shape index (κ3) is 2.84. The van der Waals surface area contributed by atoms with Crippen molar-refractivity contribution < 1.29 is 31.7 Å².